The monoisotopic (exact) mass is 645 g/mol. The Hall–Kier alpha value is -4.70. The molecule has 0 bridgehead atoms. The topological polar surface area (TPSA) is 96.0 Å². The Balaban J connectivity index is 1.83. The molecule has 0 radical (unpaired) electrons. The van der Waals surface area contributed by atoms with Crippen LogP contribution in [-0.2, 0) is 32.6 Å². The zero-order valence-corrected chi connectivity index (χ0v) is 27.6. The molecule has 1 atom stereocenters. The van der Waals surface area contributed by atoms with Gasteiger partial charge < -0.3 is 15.0 Å². The van der Waals surface area contributed by atoms with E-state index in [1.165, 1.54) is 36.3 Å². The molecule has 0 aliphatic rings. The molecule has 4 rings (SSSR count). The lowest BCUT2D eigenvalue weighted by molar-refractivity contribution is -0.140. The van der Waals surface area contributed by atoms with E-state index in [0.717, 1.165) is 15.4 Å². The summed E-state index contributed by atoms with van der Waals surface area (Å²) in [5.41, 5.74) is 1.43. The van der Waals surface area contributed by atoms with Crippen LogP contribution < -0.4 is 14.4 Å². The number of carbonyl (C=O) groups is 2. The highest BCUT2D eigenvalue weighted by atomic mass is 32.2. The van der Waals surface area contributed by atoms with Crippen LogP contribution in [0.4, 0.5) is 10.1 Å². The van der Waals surface area contributed by atoms with E-state index in [-0.39, 0.29) is 29.1 Å². The summed E-state index contributed by atoms with van der Waals surface area (Å²) >= 11 is 0. The van der Waals surface area contributed by atoms with Crippen LogP contribution in [0.2, 0.25) is 0 Å². The summed E-state index contributed by atoms with van der Waals surface area (Å²) in [7, 11) is -2.77. The third-order valence-corrected chi connectivity index (χ3v) is 9.10. The number of amides is 2. The Bertz CT molecular complexity index is 1740. The fraction of sp³-hybridized carbons (Fsp3) is 0.278. The highest BCUT2D eigenvalue weighted by molar-refractivity contribution is 7.92. The first-order valence-electron chi connectivity index (χ1n) is 14.9. The molecule has 10 heteroatoms. The van der Waals surface area contributed by atoms with Gasteiger partial charge in [-0.2, -0.15) is 0 Å². The van der Waals surface area contributed by atoms with Gasteiger partial charge in [0.05, 0.1) is 17.7 Å². The van der Waals surface area contributed by atoms with Crippen LogP contribution in [0.1, 0.15) is 37.5 Å². The van der Waals surface area contributed by atoms with E-state index in [0.29, 0.717) is 5.75 Å². The molecular weight excluding hydrogens is 605 g/mol. The zero-order chi connectivity index (χ0) is 33.5. The molecule has 4 aromatic rings. The first kappa shape index (κ1) is 34.2. The normalized spacial score (nSPS) is 12.2. The smallest absolute Gasteiger partial charge is 0.264 e. The quantitative estimate of drug-likeness (QED) is 0.207. The minimum Gasteiger partial charge on any atom is -0.497 e. The van der Waals surface area contributed by atoms with E-state index in [1.54, 1.807) is 48.5 Å². The van der Waals surface area contributed by atoms with Crippen LogP contribution in [0.15, 0.2) is 108 Å². The van der Waals surface area contributed by atoms with Crippen molar-refractivity contribution in [3.63, 3.8) is 0 Å². The maximum atomic E-state index is 15.1. The number of benzene rings is 4. The second kappa shape index (κ2) is 14.6. The lowest BCUT2D eigenvalue weighted by Crippen LogP contribution is -2.56. The highest BCUT2D eigenvalue weighted by Crippen LogP contribution is 2.27. The van der Waals surface area contributed by atoms with Crippen molar-refractivity contribution >= 4 is 27.5 Å². The Kier molecular flexibility index (Phi) is 10.8. The molecule has 2 amide bonds. The molecule has 46 heavy (non-hydrogen) atoms. The molecule has 0 aliphatic carbocycles. The zero-order valence-electron chi connectivity index (χ0n) is 26.7. The standard InChI is InChI=1S/C36H40FN3O5S/c1-26-15-21-31(22-16-26)46(43,44)40(29-17-19-30(45-5)20-18-29)25-34(41)39(24-28-13-9-10-14-32(28)37)33(35(42)38-36(2,3)4)23-27-11-7-6-8-12-27/h6-22,33H,23-25H2,1-5H3,(H,38,42)/t33-/m1/s1. The summed E-state index contributed by atoms with van der Waals surface area (Å²) in [6.07, 6.45) is 0.121. The third kappa shape index (κ3) is 8.72. The number of anilines is 1. The summed E-state index contributed by atoms with van der Waals surface area (Å²) in [4.78, 5) is 29.7. The van der Waals surface area contributed by atoms with Crippen LogP contribution in [-0.4, -0.2) is 50.4 Å². The largest absolute Gasteiger partial charge is 0.497 e. The lowest BCUT2D eigenvalue weighted by Gasteiger charge is -2.35. The fourth-order valence-corrected chi connectivity index (χ4v) is 6.35. The minimum atomic E-state index is -4.26. The molecule has 0 aromatic heterocycles. The van der Waals surface area contributed by atoms with Crippen LogP contribution in [0.25, 0.3) is 0 Å². The first-order chi connectivity index (χ1) is 21.8. The molecule has 0 aliphatic heterocycles. The maximum Gasteiger partial charge on any atom is 0.264 e. The van der Waals surface area contributed by atoms with Crippen molar-refractivity contribution in [1.82, 2.24) is 10.2 Å². The Morgan fingerprint density at radius 3 is 2.07 bits per heavy atom. The van der Waals surface area contributed by atoms with Gasteiger partial charge in [0.2, 0.25) is 11.8 Å². The van der Waals surface area contributed by atoms with E-state index in [9.17, 15) is 18.0 Å². The molecular formula is C36H40FN3O5S. The number of sulfonamides is 1. The van der Waals surface area contributed by atoms with Gasteiger partial charge in [-0.1, -0.05) is 66.2 Å². The van der Waals surface area contributed by atoms with E-state index >= 15 is 4.39 Å². The Morgan fingerprint density at radius 1 is 0.870 bits per heavy atom. The molecule has 4 aromatic carbocycles. The van der Waals surface area contributed by atoms with Crippen molar-refractivity contribution in [2.24, 2.45) is 0 Å². The number of hydrogen-bond acceptors (Lipinski definition) is 5. The summed E-state index contributed by atoms with van der Waals surface area (Å²) in [5, 5.41) is 2.96. The van der Waals surface area contributed by atoms with Gasteiger partial charge in [-0.25, -0.2) is 12.8 Å². The first-order valence-corrected chi connectivity index (χ1v) is 16.3. The molecule has 0 heterocycles. The number of nitrogens with zero attached hydrogens (tertiary/aromatic N) is 2. The average Bonchev–Trinajstić information content (AvgIpc) is 3.02. The van der Waals surface area contributed by atoms with Gasteiger partial charge in [0.15, 0.2) is 0 Å². The average molecular weight is 646 g/mol. The second-order valence-electron chi connectivity index (χ2n) is 12.1. The predicted molar refractivity (Wildman–Crippen MR) is 177 cm³/mol. The molecule has 0 fully saturated rings. The fourth-order valence-electron chi connectivity index (χ4n) is 4.93. The number of halogens is 1. The van der Waals surface area contributed by atoms with Gasteiger partial charge in [0, 0.05) is 24.1 Å². The molecule has 0 spiro atoms. The predicted octanol–water partition coefficient (Wildman–Crippen LogP) is 5.89. The number of hydrogen-bond donors (Lipinski definition) is 1. The molecule has 242 valence electrons. The summed E-state index contributed by atoms with van der Waals surface area (Å²) in [5.74, 6) is -1.17. The number of methoxy groups -OCH3 is 1. The highest BCUT2D eigenvalue weighted by Gasteiger charge is 2.36. The van der Waals surface area contributed by atoms with Crippen molar-refractivity contribution in [2.75, 3.05) is 18.0 Å². The van der Waals surface area contributed by atoms with Gasteiger partial charge in [-0.15, -0.1) is 0 Å². The third-order valence-electron chi connectivity index (χ3n) is 7.32. The molecule has 0 saturated carbocycles. The van der Waals surface area contributed by atoms with E-state index in [2.05, 4.69) is 5.32 Å². The molecule has 0 unspecified atom stereocenters. The van der Waals surface area contributed by atoms with Gasteiger partial charge in [0.1, 0.15) is 24.2 Å². The van der Waals surface area contributed by atoms with Crippen molar-refractivity contribution in [3.05, 3.63) is 126 Å². The SMILES string of the molecule is COc1ccc(N(CC(=O)N(Cc2ccccc2F)[C@H](Cc2ccccc2)C(=O)NC(C)(C)C)S(=O)(=O)c2ccc(C)cc2)cc1. The number of aryl methyl sites for hydroxylation is 1. The minimum absolute atomic E-state index is 0.00585. The van der Waals surface area contributed by atoms with Crippen molar-refractivity contribution in [3.8, 4) is 5.75 Å². The number of ether oxygens (including phenoxy) is 1. The summed E-state index contributed by atoms with van der Waals surface area (Å²) < 4.78 is 49.6. The number of nitrogens with one attached hydrogen (secondary N) is 1. The van der Waals surface area contributed by atoms with Crippen LogP contribution in [0.5, 0.6) is 5.75 Å². The maximum absolute atomic E-state index is 15.1. The van der Waals surface area contributed by atoms with Crippen molar-refractivity contribution in [2.45, 2.75) is 57.1 Å². The van der Waals surface area contributed by atoms with E-state index in [4.69, 9.17) is 4.74 Å². The van der Waals surface area contributed by atoms with Crippen molar-refractivity contribution in [1.29, 1.82) is 0 Å². The number of rotatable bonds is 12. The molecule has 1 N–H and O–H groups in total. The van der Waals surface area contributed by atoms with Crippen LogP contribution in [0, 0.1) is 12.7 Å². The van der Waals surface area contributed by atoms with Crippen molar-refractivity contribution < 1.29 is 27.1 Å². The van der Waals surface area contributed by atoms with Gasteiger partial charge in [-0.3, -0.25) is 13.9 Å². The molecule has 8 nitrogen and oxygen atoms in total. The number of carbonyl (C=O) groups excluding carboxylic acids is 2. The van der Waals surface area contributed by atoms with Crippen LogP contribution >= 0.6 is 0 Å². The van der Waals surface area contributed by atoms with E-state index < -0.39 is 45.8 Å². The van der Waals surface area contributed by atoms with E-state index in [1.807, 2.05) is 58.0 Å². The second-order valence-corrected chi connectivity index (χ2v) is 13.9. The lowest BCUT2D eigenvalue weighted by atomic mass is 10.0. The van der Waals surface area contributed by atoms with Crippen LogP contribution in [0.3, 0.4) is 0 Å². The Morgan fingerprint density at radius 2 is 1.48 bits per heavy atom. The summed E-state index contributed by atoms with van der Waals surface area (Å²) in [6.45, 7) is 6.41. The summed E-state index contributed by atoms with van der Waals surface area (Å²) in [6, 6.07) is 26.7. The molecule has 0 saturated heterocycles. The van der Waals surface area contributed by atoms with Gasteiger partial charge >= 0.3 is 0 Å². The Labute approximate surface area is 270 Å². The van der Waals surface area contributed by atoms with Gasteiger partial charge in [-0.05, 0) is 75.7 Å². The van der Waals surface area contributed by atoms with Gasteiger partial charge in [0.25, 0.3) is 10.0 Å².